The number of aromatic hydroxyl groups is 1. The first-order valence-electron chi connectivity index (χ1n) is 8.06. The van der Waals surface area contributed by atoms with Crippen molar-refractivity contribution in [2.24, 2.45) is 0 Å². The zero-order chi connectivity index (χ0) is 17.8. The Kier molecular flexibility index (Phi) is 4.90. The molecule has 1 aromatic carbocycles. The average Bonchev–Trinajstić information content (AvgIpc) is 3.20. The van der Waals surface area contributed by atoms with E-state index < -0.39 is 5.97 Å². The van der Waals surface area contributed by atoms with E-state index in [0.29, 0.717) is 17.9 Å². The van der Waals surface area contributed by atoms with Crippen LogP contribution in [-0.2, 0) is 17.9 Å². The lowest BCUT2D eigenvalue weighted by atomic mass is 10.2. The molecule has 0 fully saturated rings. The van der Waals surface area contributed by atoms with Crippen LogP contribution in [0.4, 0.5) is 0 Å². The molecule has 0 aliphatic rings. The molecule has 0 spiro atoms. The molecule has 3 aromatic rings. The van der Waals surface area contributed by atoms with E-state index in [1.165, 1.54) is 0 Å². The molecule has 0 unspecified atom stereocenters. The molecule has 2 aromatic heterocycles. The van der Waals surface area contributed by atoms with Crippen LogP contribution < -0.4 is 0 Å². The van der Waals surface area contributed by atoms with Gasteiger partial charge in [0, 0.05) is 18.1 Å². The van der Waals surface area contributed by atoms with Gasteiger partial charge in [0.05, 0.1) is 19.8 Å². The Morgan fingerprint density at radius 1 is 1.16 bits per heavy atom. The summed E-state index contributed by atoms with van der Waals surface area (Å²) in [5.74, 6) is -0.574. The molecule has 3 rings (SSSR count). The van der Waals surface area contributed by atoms with E-state index >= 15 is 0 Å². The fourth-order valence-corrected chi connectivity index (χ4v) is 2.79. The quantitative estimate of drug-likeness (QED) is 0.677. The minimum atomic E-state index is -0.516. The van der Waals surface area contributed by atoms with E-state index in [0.717, 1.165) is 5.56 Å². The minimum absolute atomic E-state index is 0.0576. The number of ether oxygens (including phenoxy) is 1. The predicted octanol–water partition coefficient (Wildman–Crippen LogP) is 2.70. The number of nitrogens with zero attached hydrogens (tertiary/aromatic N) is 2. The molecule has 6 nitrogen and oxygen atoms in total. The molecular formula is C19H20N2O4. The summed E-state index contributed by atoms with van der Waals surface area (Å²) >= 11 is 0. The van der Waals surface area contributed by atoms with Crippen LogP contribution in [0.3, 0.4) is 0 Å². The van der Waals surface area contributed by atoms with Crippen LogP contribution in [-0.4, -0.2) is 31.9 Å². The van der Waals surface area contributed by atoms with Crippen molar-refractivity contribution in [2.45, 2.75) is 20.1 Å². The Morgan fingerprint density at radius 3 is 2.60 bits per heavy atom. The van der Waals surface area contributed by atoms with Gasteiger partial charge in [0.25, 0.3) is 0 Å². The second-order valence-electron chi connectivity index (χ2n) is 5.58. The second kappa shape index (κ2) is 7.27. The molecule has 2 heterocycles. The van der Waals surface area contributed by atoms with Crippen molar-refractivity contribution in [1.29, 1.82) is 0 Å². The number of rotatable bonds is 6. The zero-order valence-corrected chi connectivity index (χ0v) is 13.9. The molecule has 0 aliphatic heterocycles. The lowest BCUT2D eigenvalue weighted by Gasteiger charge is -2.10. The topological polar surface area (TPSA) is 76.6 Å². The van der Waals surface area contributed by atoms with Crippen molar-refractivity contribution in [3.8, 4) is 11.6 Å². The third-order valence-electron chi connectivity index (χ3n) is 3.95. The summed E-state index contributed by atoms with van der Waals surface area (Å²) in [7, 11) is 0. The van der Waals surface area contributed by atoms with Crippen molar-refractivity contribution in [3.05, 3.63) is 71.7 Å². The Labute approximate surface area is 145 Å². The van der Waals surface area contributed by atoms with Crippen molar-refractivity contribution >= 4 is 5.97 Å². The molecule has 6 heteroatoms. The first kappa shape index (κ1) is 16.9. The van der Waals surface area contributed by atoms with Gasteiger partial charge in [0.15, 0.2) is 0 Å². The highest BCUT2D eigenvalue weighted by Gasteiger charge is 2.24. The van der Waals surface area contributed by atoms with Crippen LogP contribution in [0.1, 0.15) is 28.5 Å². The third-order valence-corrected chi connectivity index (χ3v) is 3.95. The van der Waals surface area contributed by atoms with Crippen molar-refractivity contribution in [2.75, 3.05) is 6.61 Å². The van der Waals surface area contributed by atoms with Crippen LogP contribution in [0.25, 0.3) is 5.69 Å². The Hall–Kier alpha value is -2.99. The van der Waals surface area contributed by atoms with E-state index in [9.17, 15) is 15.0 Å². The van der Waals surface area contributed by atoms with Gasteiger partial charge in [-0.3, -0.25) is 0 Å². The lowest BCUT2D eigenvalue weighted by Crippen LogP contribution is -2.08. The zero-order valence-electron chi connectivity index (χ0n) is 13.9. The molecule has 25 heavy (non-hydrogen) atoms. The normalized spacial score (nSPS) is 10.8. The van der Waals surface area contributed by atoms with Gasteiger partial charge in [-0.25, -0.2) is 4.79 Å². The number of carbonyl (C=O) groups excluding carboxylic acids is 1. The van der Waals surface area contributed by atoms with Gasteiger partial charge in [-0.1, -0.05) is 30.3 Å². The standard InChI is InChI=1S/C19H20N2O4/c1-2-25-19(24)16-12-20(11-14-7-4-3-5-8-14)18(23)17(16)21-10-6-9-15(21)13-22/h3-10,12,22-23H,2,11,13H2,1H3. The minimum Gasteiger partial charge on any atom is -0.493 e. The number of aliphatic hydroxyl groups is 1. The van der Waals surface area contributed by atoms with Crippen LogP contribution in [0.5, 0.6) is 5.88 Å². The van der Waals surface area contributed by atoms with E-state index in [-0.39, 0.29) is 24.7 Å². The summed E-state index contributed by atoms with van der Waals surface area (Å²) in [4.78, 5) is 12.4. The predicted molar refractivity (Wildman–Crippen MR) is 92.8 cm³/mol. The maximum Gasteiger partial charge on any atom is 0.341 e. The molecule has 0 bridgehead atoms. The van der Waals surface area contributed by atoms with Crippen LogP contribution >= 0.6 is 0 Å². The first-order chi connectivity index (χ1) is 12.2. The summed E-state index contributed by atoms with van der Waals surface area (Å²) in [6.45, 7) is 2.17. The summed E-state index contributed by atoms with van der Waals surface area (Å²) in [6, 6.07) is 13.1. The summed E-state index contributed by atoms with van der Waals surface area (Å²) in [5.41, 5.74) is 2.12. The highest BCUT2D eigenvalue weighted by molar-refractivity contribution is 5.94. The van der Waals surface area contributed by atoms with Gasteiger partial charge in [-0.15, -0.1) is 0 Å². The van der Waals surface area contributed by atoms with E-state index in [1.54, 1.807) is 40.6 Å². The monoisotopic (exact) mass is 340 g/mol. The smallest absolute Gasteiger partial charge is 0.341 e. The van der Waals surface area contributed by atoms with Crippen LogP contribution in [0, 0.1) is 0 Å². The third kappa shape index (κ3) is 3.29. The molecule has 0 saturated heterocycles. The molecule has 2 N–H and O–H groups in total. The van der Waals surface area contributed by atoms with Gasteiger partial charge in [-0.2, -0.15) is 0 Å². The Balaban J connectivity index is 2.10. The largest absolute Gasteiger partial charge is 0.493 e. The first-order valence-corrected chi connectivity index (χ1v) is 8.06. The SMILES string of the molecule is CCOC(=O)c1cn(Cc2ccccc2)c(O)c1-n1cccc1CO. The molecule has 0 radical (unpaired) electrons. The number of aliphatic hydroxyl groups excluding tert-OH is 1. The van der Waals surface area contributed by atoms with Gasteiger partial charge in [0.1, 0.15) is 11.3 Å². The van der Waals surface area contributed by atoms with Crippen LogP contribution in [0.15, 0.2) is 54.9 Å². The highest BCUT2D eigenvalue weighted by atomic mass is 16.5. The van der Waals surface area contributed by atoms with Crippen molar-refractivity contribution in [1.82, 2.24) is 9.13 Å². The number of hydrogen-bond donors (Lipinski definition) is 2. The number of esters is 1. The molecule has 0 aliphatic carbocycles. The average molecular weight is 340 g/mol. The van der Waals surface area contributed by atoms with E-state index in [4.69, 9.17) is 4.74 Å². The number of aromatic nitrogens is 2. The molecular weight excluding hydrogens is 320 g/mol. The van der Waals surface area contributed by atoms with E-state index in [2.05, 4.69) is 0 Å². The van der Waals surface area contributed by atoms with Gasteiger partial charge in [0.2, 0.25) is 5.88 Å². The van der Waals surface area contributed by atoms with Crippen LogP contribution in [0.2, 0.25) is 0 Å². The fraction of sp³-hybridized carbons (Fsp3) is 0.211. The summed E-state index contributed by atoms with van der Waals surface area (Å²) in [5, 5.41) is 20.2. The fourth-order valence-electron chi connectivity index (χ4n) is 2.79. The second-order valence-corrected chi connectivity index (χ2v) is 5.58. The molecule has 0 saturated carbocycles. The number of benzene rings is 1. The number of carbonyl (C=O) groups is 1. The van der Waals surface area contributed by atoms with Gasteiger partial charge < -0.3 is 24.1 Å². The lowest BCUT2D eigenvalue weighted by molar-refractivity contribution is 0.0526. The van der Waals surface area contributed by atoms with E-state index in [1.807, 2.05) is 30.3 Å². The molecule has 0 atom stereocenters. The summed E-state index contributed by atoms with van der Waals surface area (Å²) < 4.78 is 8.32. The van der Waals surface area contributed by atoms with Gasteiger partial charge >= 0.3 is 5.97 Å². The summed E-state index contributed by atoms with van der Waals surface area (Å²) in [6.07, 6.45) is 3.27. The maximum absolute atomic E-state index is 12.4. The van der Waals surface area contributed by atoms with Crippen molar-refractivity contribution < 1.29 is 19.7 Å². The molecule has 130 valence electrons. The Bertz CT molecular complexity index is 865. The van der Waals surface area contributed by atoms with Crippen molar-refractivity contribution in [3.63, 3.8) is 0 Å². The number of hydrogen-bond acceptors (Lipinski definition) is 4. The highest BCUT2D eigenvalue weighted by Crippen LogP contribution is 2.31. The molecule has 0 amide bonds. The maximum atomic E-state index is 12.4. The Morgan fingerprint density at radius 2 is 1.92 bits per heavy atom. The van der Waals surface area contributed by atoms with Gasteiger partial charge in [-0.05, 0) is 24.6 Å².